The molecule has 0 radical (unpaired) electrons. The molecule has 10 heteroatoms. The number of carbonyl (C=O) groups excluding carboxylic acids is 2. The van der Waals surface area contributed by atoms with E-state index in [9.17, 15) is 22.8 Å². The van der Waals surface area contributed by atoms with Gasteiger partial charge in [0.15, 0.2) is 0 Å². The number of nitrogens with one attached hydrogen (secondary N) is 1. The summed E-state index contributed by atoms with van der Waals surface area (Å²) >= 11 is 0. The second kappa shape index (κ2) is 10.7. The van der Waals surface area contributed by atoms with Crippen molar-refractivity contribution in [3.63, 3.8) is 0 Å². The minimum atomic E-state index is -3.73. The molecule has 168 valence electrons. The molecule has 0 spiro atoms. The molecule has 1 aromatic rings. The van der Waals surface area contributed by atoms with Gasteiger partial charge in [-0.2, -0.15) is 4.31 Å². The average molecular weight is 441 g/mol. The van der Waals surface area contributed by atoms with E-state index in [1.807, 2.05) is 6.92 Å². The predicted molar refractivity (Wildman–Crippen MR) is 113 cm³/mol. The topological polar surface area (TPSA) is 109 Å². The lowest BCUT2D eigenvalue weighted by atomic mass is 10.1. The zero-order chi connectivity index (χ0) is 22.3. The molecule has 1 aromatic heterocycles. The maximum atomic E-state index is 12.8. The quantitative estimate of drug-likeness (QED) is 0.611. The minimum absolute atomic E-state index is 0.0121. The van der Waals surface area contributed by atoms with Gasteiger partial charge in [0.2, 0.25) is 21.8 Å². The molecule has 1 saturated heterocycles. The molecule has 9 nitrogen and oxygen atoms in total. The zero-order valence-corrected chi connectivity index (χ0v) is 18.8. The molecule has 1 N–H and O–H groups in total. The van der Waals surface area contributed by atoms with Crippen molar-refractivity contribution in [2.75, 3.05) is 26.2 Å². The van der Waals surface area contributed by atoms with Crippen molar-refractivity contribution in [1.29, 1.82) is 0 Å². The van der Waals surface area contributed by atoms with E-state index in [1.54, 1.807) is 18.7 Å². The van der Waals surface area contributed by atoms with Crippen molar-refractivity contribution >= 4 is 21.8 Å². The van der Waals surface area contributed by atoms with Gasteiger partial charge in [-0.25, -0.2) is 8.42 Å². The Hall–Kier alpha value is -2.20. The molecular formula is C20H32N4O5S. The van der Waals surface area contributed by atoms with Gasteiger partial charge in [0.05, 0.1) is 4.90 Å². The molecule has 2 amide bonds. The van der Waals surface area contributed by atoms with Gasteiger partial charge < -0.3 is 14.8 Å². The van der Waals surface area contributed by atoms with E-state index in [2.05, 4.69) is 5.32 Å². The highest BCUT2D eigenvalue weighted by Gasteiger charge is 2.26. The molecule has 0 saturated carbocycles. The lowest BCUT2D eigenvalue weighted by Crippen LogP contribution is -2.50. The number of sulfonamides is 1. The van der Waals surface area contributed by atoms with E-state index >= 15 is 0 Å². The number of aromatic nitrogens is 1. The lowest BCUT2D eigenvalue weighted by Gasteiger charge is -2.33. The van der Waals surface area contributed by atoms with E-state index in [4.69, 9.17) is 0 Å². The first-order valence-electron chi connectivity index (χ1n) is 10.5. The Morgan fingerprint density at radius 1 is 1.20 bits per heavy atom. The summed E-state index contributed by atoms with van der Waals surface area (Å²) in [7, 11) is -3.73. The number of hydrogen-bond donors (Lipinski definition) is 1. The number of amides is 2. The van der Waals surface area contributed by atoms with Crippen molar-refractivity contribution in [2.24, 2.45) is 0 Å². The van der Waals surface area contributed by atoms with Crippen molar-refractivity contribution < 1.29 is 18.0 Å². The second-order valence-corrected chi connectivity index (χ2v) is 9.35. The molecule has 0 bridgehead atoms. The van der Waals surface area contributed by atoms with Crippen molar-refractivity contribution in [1.82, 2.24) is 19.1 Å². The van der Waals surface area contributed by atoms with Gasteiger partial charge in [0.1, 0.15) is 6.54 Å². The SMILES string of the molecule is CCCC(=O)N[C@H]1CCCN(C(=O)Cn2cc(S(=O)(=O)N(CC)CC)ccc2=O)C1. The zero-order valence-electron chi connectivity index (χ0n) is 18.0. The highest BCUT2D eigenvalue weighted by Crippen LogP contribution is 2.15. The van der Waals surface area contributed by atoms with Gasteiger partial charge in [-0.1, -0.05) is 20.8 Å². The Bertz CT molecular complexity index is 908. The smallest absolute Gasteiger partial charge is 0.251 e. The predicted octanol–water partition coefficient (Wildman–Crippen LogP) is 0.786. The monoisotopic (exact) mass is 440 g/mol. The molecule has 0 unspecified atom stereocenters. The first kappa shape index (κ1) is 24.1. The Kier molecular flexibility index (Phi) is 8.60. The maximum absolute atomic E-state index is 12.8. The van der Waals surface area contributed by atoms with Gasteiger partial charge in [-0.15, -0.1) is 0 Å². The Morgan fingerprint density at radius 2 is 1.90 bits per heavy atom. The van der Waals surface area contributed by atoms with E-state index < -0.39 is 15.6 Å². The molecule has 1 aliphatic rings. The number of nitrogens with zero attached hydrogens (tertiary/aromatic N) is 3. The van der Waals surface area contributed by atoms with Crippen LogP contribution in [-0.2, 0) is 26.2 Å². The summed E-state index contributed by atoms with van der Waals surface area (Å²) in [5.74, 6) is -0.300. The maximum Gasteiger partial charge on any atom is 0.251 e. The first-order chi connectivity index (χ1) is 14.2. The molecule has 30 heavy (non-hydrogen) atoms. The Balaban J connectivity index is 2.13. The number of rotatable bonds is 9. The fourth-order valence-corrected chi connectivity index (χ4v) is 5.07. The fourth-order valence-electron chi connectivity index (χ4n) is 3.59. The third kappa shape index (κ3) is 5.91. The fraction of sp³-hybridized carbons (Fsp3) is 0.650. The van der Waals surface area contributed by atoms with Crippen LogP contribution in [0.5, 0.6) is 0 Å². The molecule has 0 aromatic carbocycles. The van der Waals surface area contributed by atoms with Crippen molar-refractivity contribution in [3.05, 3.63) is 28.7 Å². The summed E-state index contributed by atoms with van der Waals surface area (Å²) in [6.45, 7) is 6.75. The number of carbonyl (C=O) groups is 2. The molecule has 2 rings (SSSR count). The standard InChI is InChI=1S/C20H32N4O5S/c1-4-8-18(25)21-16-9-7-12-22(13-16)20(27)15-23-14-17(10-11-19(23)26)30(28,29)24(5-2)6-3/h10-11,14,16H,4-9,12-13,15H2,1-3H3,(H,21,25)/t16-/m0/s1. The largest absolute Gasteiger partial charge is 0.352 e. The van der Waals surface area contributed by atoms with Crippen LogP contribution in [0.1, 0.15) is 46.5 Å². The summed E-state index contributed by atoms with van der Waals surface area (Å²) in [6, 6.07) is 2.35. The number of pyridine rings is 1. The summed E-state index contributed by atoms with van der Waals surface area (Å²) in [4.78, 5) is 38.5. The van der Waals surface area contributed by atoms with Gasteiger partial charge >= 0.3 is 0 Å². The van der Waals surface area contributed by atoms with E-state index in [-0.39, 0.29) is 29.3 Å². The highest BCUT2D eigenvalue weighted by molar-refractivity contribution is 7.89. The Labute approximate surface area is 178 Å². The van der Waals surface area contributed by atoms with Gasteiger partial charge in [-0.3, -0.25) is 14.4 Å². The van der Waals surface area contributed by atoms with Crippen LogP contribution in [0.15, 0.2) is 28.0 Å². The third-order valence-electron chi connectivity index (χ3n) is 5.22. The van der Waals surface area contributed by atoms with Crippen LogP contribution < -0.4 is 10.9 Å². The highest BCUT2D eigenvalue weighted by atomic mass is 32.2. The molecule has 1 fully saturated rings. The van der Waals surface area contributed by atoms with Gasteiger partial charge in [0, 0.05) is 50.9 Å². The van der Waals surface area contributed by atoms with Crippen LogP contribution in [0.4, 0.5) is 0 Å². The molecule has 2 heterocycles. The van der Waals surface area contributed by atoms with E-state index in [0.29, 0.717) is 32.6 Å². The van der Waals surface area contributed by atoms with Gasteiger partial charge in [-0.05, 0) is 25.3 Å². The molecule has 1 atom stereocenters. The Morgan fingerprint density at radius 3 is 2.53 bits per heavy atom. The minimum Gasteiger partial charge on any atom is -0.352 e. The van der Waals surface area contributed by atoms with Gasteiger partial charge in [0.25, 0.3) is 5.56 Å². The lowest BCUT2D eigenvalue weighted by molar-refractivity contribution is -0.134. The van der Waals surface area contributed by atoms with Crippen LogP contribution in [0.3, 0.4) is 0 Å². The molecule has 1 aliphatic heterocycles. The third-order valence-corrected chi connectivity index (χ3v) is 7.25. The second-order valence-electron chi connectivity index (χ2n) is 7.42. The van der Waals surface area contributed by atoms with Crippen LogP contribution in [-0.4, -0.2) is 66.2 Å². The van der Waals surface area contributed by atoms with E-state index in [0.717, 1.165) is 23.8 Å². The summed E-state index contributed by atoms with van der Waals surface area (Å²) < 4.78 is 27.9. The van der Waals surface area contributed by atoms with Crippen LogP contribution in [0.25, 0.3) is 0 Å². The van der Waals surface area contributed by atoms with Crippen LogP contribution in [0.2, 0.25) is 0 Å². The number of likely N-dealkylation sites (tertiary alicyclic amines) is 1. The summed E-state index contributed by atoms with van der Waals surface area (Å²) in [5, 5.41) is 2.95. The molecular weight excluding hydrogens is 408 g/mol. The average Bonchev–Trinajstić information content (AvgIpc) is 2.70. The van der Waals surface area contributed by atoms with Crippen molar-refractivity contribution in [2.45, 2.75) is 63.9 Å². The van der Waals surface area contributed by atoms with Crippen LogP contribution in [0, 0.1) is 0 Å². The normalized spacial score (nSPS) is 17.2. The first-order valence-corrected chi connectivity index (χ1v) is 11.9. The number of hydrogen-bond acceptors (Lipinski definition) is 5. The van der Waals surface area contributed by atoms with E-state index in [1.165, 1.54) is 22.6 Å². The van der Waals surface area contributed by atoms with Crippen LogP contribution >= 0.6 is 0 Å². The molecule has 0 aliphatic carbocycles. The number of piperidine rings is 1. The van der Waals surface area contributed by atoms with Crippen molar-refractivity contribution in [3.8, 4) is 0 Å². The summed E-state index contributed by atoms with van der Waals surface area (Å²) in [5.41, 5.74) is -0.438. The summed E-state index contributed by atoms with van der Waals surface area (Å²) in [6.07, 6.45) is 4.01.